The van der Waals surface area contributed by atoms with E-state index in [4.69, 9.17) is 16.3 Å². The summed E-state index contributed by atoms with van der Waals surface area (Å²) >= 11 is 5.84. The molecule has 0 aliphatic carbocycles. The van der Waals surface area contributed by atoms with Crippen LogP contribution in [0.3, 0.4) is 0 Å². The first-order chi connectivity index (χ1) is 10.5. The zero-order valence-electron chi connectivity index (χ0n) is 11.3. The van der Waals surface area contributed by atoms with Crippen molar-refractivity contribution in [1.82, 2.24) is 0 Å². The molecule has 112 valence electrons. The smallest absolute Gasteiger partial charge is 0.339 e. The number of benzene rings is 2. The topological polar surface area (TPSA) is 55.4 Å². The summed E-state index contributed by atoms with van der Waals surface area (Å²) in [5.41, 5.74) is 1.07. The fourth-order valence-electron chi connectivity index (χ4n) is 2.27. The van der Waals surface area contributed by atoms with Crippen molar-refractivity contribution in [3.8, 4) is 0 Å². The quantitative estimate of drug-likeness (QED) is 0.865. The van der Waals surface area contributed by atoms with E-state index in [1.54, 1.807) is 18.2 Å². The fourth-order valence-corrected chi connectivity index (χ4v) is 2.44. The van der Waals surface area contributed by atoms with Gasteiger partial charge in [-0.3, -0.25) is 4.79 Å². The Morgan fingerprint density at radius 1 is 1.27 bits per heavy atom. The van der Waals surface area contributed by atoms with Gasteiger partial charge in [0.1, 0.15) is 5.82 Å². The second-order valence-electron chi connectivity index (χ2n) is 4.87. The van der Waals surface area contributed by atoms with E-state index in [2.05, 4.69) is 5.32 Å². The molecule has 1 aliphatic heterocycles. The lowest BCUT2D eigenvalue weighted by Crippen LogP contribution is -2.38. The summed E-state index contributed by atoms with van der Waals surface area (Å²) in [6, 6.07) is 10.6. The number of hydrogen-bond donors (Lipinski definition) is 1. The zero-order valence-corrected chi connectivity index (χ0v) is 12.1. The molecular formula is C16H11ClFNO3. The molecule has 0 aromatic heterocycles. The third kappa shape index (κ3) is 2.80. The van der Waals surface area contributed by atoms with E-state index in [-0.39, 0.29) is 12.1 Å². The summed E-state index contributed by atoms with van der Waals surface area (Å²) in [5, 5.41) is 2.85. The number of anilines is 1. The highest BCUT2D eigenvalue weighted by molar-refractivity contribution is 6.31. The molecule has 22 heavy (non-hydrogen) atoms. The maximum atomic E-state index is 13.5. The second-order valence-corrected chi connectivity index (χ2v) is 5.31. The first kappa shape index (κ1) is 14.5. The maximum absolute atomic E-state index is 13.5. The van der Waals surface area contributed by atoms with Crippen LogP contribution in [0.1, 0.15) is 15.9 Å². The molecule has 1 amide bonds. The number of carbonyl (C=O) groups is 2. The van der Waals surface area contributed by atoms with E-state index in [1.807, 2.05) is 0 Å². The van der Waals surface area contributed by atoms with Crippen molar-refractivity contribution < 1.29 is 18.7 Å². The molecule has 3 rings (SSSR count). The van der Waals surface area contributed by atoms with E-state index in [0.29, 0.717) is 16.1 Å². The SMILES string of the molecule is O=C1O[C@H](C(=O)Nc2ccccc2F)Cc2ccc(Cl)cc21. The molecule has 6 heteroatoms. The first-order valence-corrected chi connectivity index (χ1v) is 6.97. The fraction of sp³-hybridized carbons (Fsp3) is 0.125. The second kappa shape index (κ2) is 5.77. The van der Waals surface area contributed by atoms with E-state index in [0.717, 1.165) is 0 Å². The Bertz CT molecular complexity index is 763. The molecule has 1 aliphatic rings. The minimum absolute atomic E-state index is 0.0467. The summed E-state index contributed by atoms with van der Waals surface area (Å²) in [6.07, 6.45) is -0.779. The predicted octanol–water partition coefficient (Wildman–Crippen LogP) is 3.20. The number of cyclic esters (lactones) is 1. The van der Waals surface area contributed by atoms with Crippen molar-refractivity contribution in [3.05, 3.63) is 64.4 Å². The number of para-hydroxylation sites is 1. The van der Waals surface area contributed by atoms with Gasteiger partial charge in [0.2, 0.25) is 0 Å². The third-order valence-electron chi connectivity index (χ3n) is 3.37. The molecule has 0 spiro atoms. The van der Waals surface area contributed by atoms with E-state index >= 15 is 0 Å². The number of nitrogens with one attached hydrogen (secondary N) is 1. The van der Waals surface area contributed by atoms with Crippen LogP contribution in [0.15, 0.2) is 42.5 Å². The highest BCUT2D eigenvalue weighted by Gasteiger charge is 2.31. The van der Waals surface area contributed by atoms with Crippen molar-refractivity contribution >= 4 is 29.2 Å². The molecule has 1 N–H and O–H groups in total. The van der Waals surface area contributed by atoms with Gasteiger partial charge in [0.15, 0.2) is 6.10 Å². The number of fused-ring (bicyclic) bond motifs is 1. The maximum Gasteiger partial charge on any atom is 0.339 e. The standard InChI is InChI=1S/C16H11ClFNO3/c17-10-6-5-9-7-14(22-16(21)11(9)8-10)15(20)19-13-4-2-1-3-12(13)18/h1-6,8,14H,7H2,(H,19,20)/t14-/m0/s1. The number of hydrogen-bond acceptors (Lipinski definition) is 3. The lowest BCUT2D eigenvalue weighted by molar-refractivity contribution is -0.125. The highest BCUT2D eigenvalue weighted by Crippen LogP contribution is 2.25. The average molecular weight is 320 g/mol. The zero-order chi connectivity index (χ0) is 15.7. The van der Waals surface area contributed by atoms with Gasteiger partial charge < -0.3 is 10.1 Å². The van der Waals surface area contributed by atoms with Crippen LogP contribution < -0.4 is 5.32 Å². The van der Waals surface area contributed by atoms with Crippen LogP contribution in [0.5, 0.6) is 0 Å². The summed E-state index contributed by atoms with van der Waals surface area (Å²) in [7, 11) is 0. The van der Waals surface area contributed by atoms with Crippen molar-refractivity contribution in [2.75, 3.05) is 5.32 Å². The third-order valence-corrected chi connectivity index (χ3v) is 3.61. The van der Waals surface area contributed by atoms with Gasteiger partial charge >= 0.3 is 5.97 Å². The average Bonchev–Trinajstić information content (AvgIpc) is 2.50. The molecule has 2 aromatic carbocycles. The summed E-state index contributed by atoms with van der Waals surface area (Å²) in [4.78, 5) is 24.1. The molecule has 1 atom stereocenters. The number of carbonyl (C=O) groups excluding carboxylic acids is 2. The largest absolute Gasteiger partial charge is 0.448 e. The first-order valence-electron chi connectivity index (χ1n) is 6.59. The molecule has 0 saturated carbocycles. The molecule has 4 nitrogen and oxygen atoms in total. The molecule has 0 unspecified atom stereocenters. The Morgan fingerprint density at radius 2 is 2.05 bits per heavy atom. The lowest BCUT2D eigenvalue weighted by Gasteiger charge is -2.24. The number of ether oxygens (including phenoxy) is 1. The number of amides is 1. The Morgan fingerprint density at radius 3 is 2.82 bits per heavy atom. The monoisotopic (exact) mass is 319 g/mol. The normalized spacial score (nSPS) is 16.6. The van der Waals surface area contributed by atoms with Crippen LogP contribution in [0, 0.1) is 5.82 Å². The van der Waals surface area contributed by atoms with E-state index in [9.17, 15) is 14.0 Å². The number of halogens is 2. The Labute approximate surface area is 130 Å². The van der Waals surface area contributed by atoms with Crippen molar-refractivity contribution in [3.63, 3.8) is 0 Å². The van der Waals surface area contributed by atoms with Crippen molar-refractivity contribution in [1.29, 1.82) is 0 Å². The minimum Gasteiger partial charge on any atom is -0.448 e. The summed E-state index contributed by atoms with van der Waals surface area (Å²) in [6.45, 7) is 0. The van der Waals surface area contributed by atoms with Crippen molar-refractivity contribution in [2.45, 2.75) is 12.5 Å². The predicted molar refractivity (Wildman–Crippen MR) is 79.4 cm³/mol. The van der Waals surface area contributed by atoms with Gasteiger partial charge in [-0.1, -0.05) is 29.8 Å². The number of rotatable bonds is 2. The van der Waals surface area contributed by atoms with Crippen LogP contribution in [0.2, 0.25) is 5.02 Å². The van der Waals surface area contributed by atoms with Gasteiger partial charge in [-0.2, -0.15) is 0 Å². The van der Waals surface area contributed by atoms with Crippen LogP contribution in [0.25, 0.3) is 0 Å². The number of esters is 1. The van der Waals surface area contributed by atoms with E-state index in [1.165, 1.54) is 24.3 Å². The van der Waals surface area contributed by atoms with Crippen molar-refractivity contribution in [2.24, 2.45) is 0 Å². The van der Waals surface area contributed by atoms with Gasteiger partial charge in [-0.15, -0.1) is 0 Å². The van der Waals surface area contributed by atoms with Gasteiger partial charge in [-0.25, -0.2) is 9.18 Å². The van der Waals surface area contributed by atoms with Crippen LogP contribution in [-0.4, -0.2) is 18.0 Å². The van der Waals surface area contributed by atoms with Crippen LogP contribution >= 0.6 is 11.6 Å². The van der Waals surface area contributed by atoms with Crippen LogP contribution in [0.4, 0.5) is 10.1 Å². The molecule has 0 saturated heterocycles. The molecular weight excluding hydrogens is 309 g/mol. The summed E-state index contributed by atoms with van der Waals surface area (Å²) < 4.78 is 18.6. The molecule has 2 aromatic rings. The van der Waals surface area contributed by atoms with Crippen LogP contribution in [-0.2, 0) is 16.0 Å². The molecule has 0 radical (unpaired) electrons. The highest BCUT2D eigenvalue weighted by atomic mass is 35.5. The minimum atomic E-state index is -0.999. The Hall–Kier alpha value is -2.40. The molecule has 0 fully saturated rings. The van der Waals surface area contributed by atoms with Gasteiger partial charge in [-0.05, 0) is 29.8 Å². The Kier molecular flexibility index (Phi) is 3.81. The van der Waals surface area contributed by atoms with Gasteiger partial charge in [0.25, 0.3) is 5.91 Å². The van der Waals surface area contributed by atoms with E-state index < -0.39 is 23.8 Å². The lowest BCUT2D eigenvalue weighted by atomic mass is 9.98. The molecule has 0 bridgehead atoms. The Balaban J connectivity index is 1.79. The van der Waals surface area contributed by atoms with Gasteiger partial charge in [0.05, 0.1) is 11.3 Å². The molecule has 1 heterocycles. The summed E-state index contributed by atoms with van der Waals surface area (Å²) in [5.74, 6) is -1.73. The van der Waals surface area contributed by atoms with Gasteiger partial charge in [0, 0.05) is 11.4 Å².